The molecule has 0 aliphatic rings. The molecule has 104 valence electrons. The predicted molar refractivity (Wildman–Crippen MR) is 64.9 cm³/mol. The van der Waals surface area contributed by atoms with E-state index in [1.807, 2.05) is 13.8 Å². The number of esters is 1. The first kappa shape index (κ1) is 16.4. The molecular formula is C12H21NO5. The number of nitrogens with one attached hydrogen (secondary N) is 1. The second-order valence-corrected chi connectivity index (χ2v) is 4.51. The van der Waals surface area contributed by atoms with Crippen LogP contribution in [0.5, 0.6) is 0 Å². The van der Waals surface area contributed by atoms with E-state index >= 15 is 0 Å². The van der Waals surface area contributed by atoms with Gasteiger partial charge in [0, 0.05) is 12.8 Å². The average Bonchev–Trinajstić information content (AvgIpc) is 2.30. The predicted octanol–water partition coefficient (Wildman–Crippen LogP) is 0.945. The van der Waals surface area contributed by atoms with Crippen LogP contribution in [0.4, 0.5) is 0 Å². The summed E-state index contributed by atoms with van der Waals surface area (Å²) in [5, 5.41) is 11.3. The minimum atomic E-state index is -1.14. The molecule has 0 heterocycles. The number of carbonyl (C=O) groups is 3. The van der Waals surface area contributed by atoms with Gasteiger partial charge in [0.2, 0.25) is 5.91 Å². The number of aliphatic carboxylic acids is 1. The standard InChI is InChI=1S/C12H21NO5/c1-8(2)4-6-10(14)13-9(12(16)17)5-7-11(15)18-3/h8-9H,4-7H2,1-3H3,(H,13,14)(H,16,17). The molecule has 6 heteroatoms. The molecule has 18 heavy (non-hydrogen) atoms. The van der Waals surface area contributed by atoms with Crippen LogP contribution in [0.1, 0.15) is 39.5 Å². The van der Waals surface area contributed by atoms with Crippen molar-refractivity contribution in [2.24, 2.45) is 5.92 Å². The van der Waals surface area contributed by atoms with Crippen molar-refractivity contribution in [3.63, 3.8) is 0 Å². The number of amides is 1. The smallest absolute Gasteiger partial charge is 0.326 e. The van der Waals surface area contributed by atoms with Crippen molar-refractivity contribution < 1.29 is 24.2 Å². The highest BCUT2D eigenvalue weighted by atomic mass is 16.5. The van der Waals surface area contributed by atoms with Gasteiger partial charge in [-0.3, -0.25) is 9.59 Å². The van der Waals surface area contributed by atoms with E-state index in [4.69, 9.17) is 5.11 Å². The molecule has 0 bridgehead atoms. The molecule has 1 atom stereocenters. The number of rotatable bonds is 8. The van der Waals surface area contributed by atoms with Crippen LogP contribution in [0.15, 0.2) is 0 Å². The first-order valence-corrected chi connectivity index (χ1v) is 5.95. The van der Waals surface area contributed by atoms with Crippen LogP contribution in [0.25, 0.3) is 0 Å². The quantitative estimate of drug-likeness (QED) is 0.633. The summed E-state index contributed by atoms with van der Waals surface area (Å²) in [5.74, 6) is -1.55. The maximum atomic E-state index is 11.5. The van der Waals surface area contributed by atoms with Crippen LogP contribution < -0.4 is 5.32 Å². The third-order valence-electron chi connectivity index (χ3n) is 2.45. The largest absolute Gasteiger partial charge is 0.480 e. The van der Waals surface area contributed by atoms with E-state index in [0.717, 1.165) is 0 Å². The highest BCUT2D eigenvalue weighted by molar-refractivity contribution is 5.84. The van der Waals surface area contributed by atoms with Crippen molar-refractivity contribution in [2.75, 3.05) is 7.11 Å². The van der Waals surface area contributed by atoms with Gasteiger partial charge in [0.25, 0.3) is 0 Å². The number of methoxy groups -OCH3 is 1. The zero-order valence-electron chi connectivity index (χ0n) is 11.1. The lowest BCUT2D eigenvalue weighted by molar-refractivity contribution is -0.144. The number of carboxylic acids is 1. The molecule has 0 aromatic carbocycles. The molecule has 1 unspecified atom stereocenters. The van der Waals surface area contributed by atoms with Gasteiger partial charge in [0.1, 0.15) is 6.04 Å². The molecule has 6 nitrogen and oxygen atoms in total. The van der Waals surface area contributed by atoms with E-state index in [2.05, 4.69) is 10.1 Å². The Hall–Kier alpha value is -1.59. The number of ether oxygens (including phenoxy) is 1. The zero-order chi connectivity index (χ0) is 14.1. The Morgan fingerprint density at radius 2 is 1.78 bits per heavy atom. The molecule has 0 rings (SSSR count). The minimum absolute atomic E-state index is 0.0298. The maximum absolute atomic E-state index is 11.5. The van der Waals surface area contributed by atoms with Crippen LogP contribution in [-0.4, -0.2) is 36.1 Å². The number of carbonyl (C=O) groups excluding carboxylic acids is 2. The van der Waals surface area contributed by atoms with Crippen LogP contribution in [0.2, 0.25) is 0 Å². The summed E-state index contributed by atoms with van der Waals surface area (Å²) in [6, 6.07) is -1.04. The molecule has 0 aliphatic carbocycles. The fourth-order valence-electron chi connectivity index (χ4n) is 1.31. The summed E-state index contributed by atoms with van der Waals surface area (Å²) in [5.41, 5.74) is 0. The molecule has 0 radical (unpaired) electrons. The Morgan fingerprint density at radius 1 is 1.17 bits per heavy atom. The van der Waals surface area contributed by atoms with Gasteiger partial charge in [-0.2, -0.15) is 0 Å². The fourth-order valence-corrected chi connectivity index (χ4v) is 1.31. The topological polar surface area (TPSA) is 92.7 Å². The molecule has 0 aromatic rings. The van der Waals surface area contributed by atoms with Gasteiger partial charge in [-0.1, -0.05) is 13.8 Å². The van der Waals surface area contributed by atoms with Crippen molar-refractivity contribution in [3.8, 4) is 0 Å². The van der Waals surface area contributed by atoms with Gasteiger partial charge in [-0.25, -0.2) is 4.79 Å². The molecule has 0 aliphatic heterocycles. The van der Waals surface area contributed by atoms with Gasteiger partial charge in [-0.15, -0.1) is 0 Å². The average molecular weight is 259 g/mol. The summed E-state index contributed by atoms with van der Waals surface area (Å²) < 4.78 is 4.42. The second-order valence-electron chi connectivity index (χ2n) is 4.51. The highest BCUT2D eigenvalue weighted by Gasteiger charge is 2.21. The van der Waals surface area contributed by atoms with Crippen molar-refractivity contribution in [2.45, 2.75) is 45.6 Å². The number of hydrogen-bond donors (Lipinski definition) is 2. The van der Waals surface area contributed by atoms with Crippen LogP contribution in [0, 0.1) is 5.92 Å². The molecular weight excluding hydrogens is 238 g/mol. The first-order valence-electron chi connectivity index (χ1n) is 5.95. The summed E-state index contributed by atoms with van der Waals surface area (Å²) in [6.45, 7) is 3.97. The molecule has 2 N–H and O–H groups in total. The highest BCUT2D eigenvalue weighted by Crippen LogP contribution is 2.05. The van der Waals surface area contributed by atoms with Gasteiger partial charge in [0.15, 0.2) is 0 Å². The van der Waals surface area contributed by atoms with E-state index in [-0.39, 0.29) is 18.7 Å². The Bertz CT molecular complexity index is 301. The summed E-state index contributed by atoms with van der Waals surface area (Å²) >= 11 is 0. The molecule has 1 amide bonds. The molecule has 0 aromatic heterocycles. The SMILES string of the molecule is COC(=O)CCC(NC(=O)CCC(C)C)C(=O)O. The van der Waals surface area contributed by atoms with Gasteiger partial charge in [-0.05, 0) is 18.8 Å². The summed E-state index contributed by atoms with van der Waals surface area (Å²) in [7, 11) is 1.24. The number of hydrogen-bond acceptors (Lipinski definition) is 4. The van der Waals surface area contributed by atoms with E-state index in [1.165, 1.54) is 7.11 Å². The molecule has 0 fully saturated rings. The van der Waals surface area contributed by atoms with Gasteiger partial charge >= 0.3 is 11.9 Å². The Kier molecular flexibility index (Phi) is 7.74. The van der Waals surface area contributed by atoms with Crippen molar-refractivity contribution in [1.82, 2.24) is 5.32 Å². The van der Waals surface area contributed by atoms with E-state index in [1.54, 1.807) is 0 Å². The lowest BCUT2D eigenvalue weighted by Gasteiger charge is -2.14. The van der Waals surface area contributed by atoms with Crippen molar-refractivity contribution in [1.29, 1.82) is 0 Å². The van der Waals surface area contributed by atoms with E-state index in [9.17, 15) is 14.4 Å². The van der Waals surface area contributed by atoms with E-state index in [0.29, 0.717) is 18.8 Å². The zero-order valence-corrected chi connectivity index (χ0v) is 11.1. The van der Waals surface area contributed by atoms with E-state index < -0.39 is 18.0 Å². The third-order valence-corrected chi connectivity index (χ3v) is 2.45. The molecule has 0 saturated carbocycles. The lowest BCUT2D eigenvalue weighted by Crippen LogP contribution is -2.41. The van der Waals surface area contributed by atoms with Gasteiger partial charge in [0.05, 0.1) is 7.11 Å². The Morgan fingerprint density at radius 3 is 2.22 bits per heavy atom. The van der Waals surface area contributed by atoms with Crippen molar-refractivity contribution >= 4 is 17.8 Å². The molecule has 0 saturated heterocycles. The normalized spacial score (nSPS) is 12.0. The Balaban J connectivity index is 4.15. The monoisotopic (exact) mass is 259 g/mol. The van der Waals surface area contributed by atoms with Crippen LogP contribution >= 0.6 is 0 Å². The van der Waals surface area contributed by atoms with Crippen LogP contribution in [-0.2, 0) is 19.1 Å². The summed E-state index contributed by atoms with van der Waals surface area (Å²) in [4.78, 5) is 33.3. The fraction of sp³-hybridized carbons (Fsp3) is 0.750. The summed E-state index contributed by atoms with van der Waals surface area (Å²) in [6.07, 6.45) is 1.00. The lowest BCUT2D eigenvalue weighted by atomic mass is 10.1. The number of carboxylic acid groups (broad SMARTS) is 1. The third kappa shape index (κ3) is 7.65. The second kappa shape index (κ2) is 8.49. The first-order chi connectivity index (χ1) is 8.36. The minimum Gasteiger partial charge on any atom is -0.480 e. The van der Waals surface area contributed by atoms with Crippen molar-refractivity contribution in [3.05, 3.63) is 0 Å². The van der Waals surface area contributed by atoms with Gasteiger partial charge < -0.3 is 15.2 Å². The Labute approximate surface area is 107 Å². The molecule has 0 spiro atoms. The van der Waals surface area contributed by atoms with Crippen LogP contribution in [0.3, 0.4) is 0 Å². The maximum Gasteiger partial charge on any atom is 0.326 e.